The highest BCUT2D eigenvalue weighted by Crippen LogP contribution is 2.18. The van der Waals surface area contributed by atoms with E-state index in [0.29, 0.717) is 25.4 Å². The van der Waals surface area contributed by atoms with Crippen LogP contribution in [0.2, 0.25) is 0 Å². The molecule has 1 aromatic heterocycles. The van der Waals surface area contributed by atoms with Crippen molar-refractivity contribution in [2.24, 2.45) is 0 Å². The molecule has 0 unspecified atom stereocenters. The van der Waals surface area contributed by atoms with Crippen molar-refractivity contribution in [3.8, 4) is 0 Å². The molecule has 1 amide bonds. The van der Waals surface area contributed by atoms with Gasteiger partial charge in [0.15, 0.2) is 5.76 Å². The third kappa shape index (κ3) is 5.58. The van der Waals surface area contributed by atoms with Gasteiger partial charge in [-0.2, -0.15) is 0 Å². The number of hydrogen-bond donors (Lipinski definition) is 0. The molecule has 0 fully saturated rings. The van der Waals surface area contributed by atoms with Crippen molar-refractivity contribution in [2.45, 2.75) is 40.4 Å². The molecule has 3 aromatic rings. The maximum Gasteiger partial charge on any atom is 0.289 e. The van der Waals surface area contributed by atoms with Gasteiger partial charge in [0.2, 0.25) is 0 Å². The van der Waals surface area contributed by atoms with Crippen molar-refractivity contribution in [1.29, 1.82) is 0 Å². The van der Waals surface area contributed by atoms with Crippen molar-refractivity contribution in [3.05, 3.63) is 94.9 Å². The summed E-state index contributed by atoms with van der Waals surface area (Å²) in [5, 5.41) is 0. The monoisotopic (exact) mass is 390 g/mol. The fraction of sp³-hybridized carbons (Fsp3) is 0.320. The van der Waals surface area contributed by atoms with E-state index < -0.39 is 0 Å². The number of aryl methyl sites for hydroxylation is 1. The van der Waals surface area contributed by atoms with E-state index in [-0.39, 0.29) is 5.91 Å². The minimum atomic E-state index is -0.0465. The van der Waals surface area contributed by atoms with Crippen LogP contribution in [0, 0.1) is 6.92 Å². The normalized spacial score (nSPS) is 11.0. The van der Waals surface area contributed by atoms with Crippen LogP contribution in [-0.4, -0.2) is 28.8 Å². The predicted octanol–water partition coefficient (Wildman–Crippen LogP) is 5.27. The molecule has 1 heterocycles. The molecule has 0 aliphatic carbocycles. The molecule has 0 spiro atoms. The third-order valence-corrected chi connectivity index (χ3v) is 5.21. The highest BCUT2D eigenvalue weighted by atomic mass is 16.4. The Morgan fingerprint density at radius 3 is 2.21 bits per heavy atom. The Balaban J connectivity index is 1.78. The van der Waals surface area contributed by atoms with Crippen LogP contribution >= 0.6 is 0 Å². The van der Waals surface area contributed by atoms with Crippen molar-refractivity contribution in [3.63, 3.8) is 0 Å². The van der Waals surface area contributed by atoms with Crippen LogP contribution in [0.1, 0.15) is 46.9 Å². The van der Waals surface area contributed by atoms with Crippen LogP contribution in [0.5, 0.6) is 0 Å². The molecule has 0 saturated carbocycles. The molecule has 0 saturated heterocycles. The first kappa shape index (κ1) is 20.9. The fourth-order valence-electron chi connectivity index (χ4n) is 3.50. The summed E-state index contributed by atoms with van der Waals surface area (Å²) in [6, 6.07) is 22.6. The summed E-state index contributed by atoms with van der Waals surface area (Å²) in [7, 11) is 0. The first-order valence-electron chi connectivity index (χ1n) is 10.3. The van der Waals surface area contributed by atoms with Gasteiger partial charge in [-0.05, 0) is 49.6 Å². The Labute approximate surface area is 173 Å². The number of rotatable bonds is 9. The Morgan fingerprint density at radius 2 is 1.52 bits per heavy atom. The topological polar surface area (TPSA) is 36.7 Å². The lowest BCUT2D eigenvalue weighted by molar-refractivity contribution is 0.0736. The lowest BCUT2D eigenvalue weighted by Crippen LogP contribution is -2.30. The quantitative estimate of drug-likeness (QED) is 0.499. The second-order valence-electron chi connectivity index (χ2n) is 7.30. The average Bonchev–Trinajstić information content (AvgIpc) is 3.20. The van der Waals surface area contributed by atoms with Crippen molar-refractivity contribution in [2.75, 3.05) is 13.1 Å². The number of nitrogens with zero attached hydrogens (tertiary/aromatic N) is 2. The predicted molar refractivity (Wildman–Crippen MR) is 117 cm³/mol. The van der Waals surface area contributed by atoms with E-state index in [4.69, 9.17) is 4.42 Å². The first-order valence-corrected chi connectivity index (χ1v) is 10.3. The molecular formula is C25H30N2O2. The van der Waals surface area contributed by atoms with E-state index in [0.717, 1.165) is 18.8 Å². The van der Waals surface area contributed by atoms with Crippen molar-refractivity contribution in [1.82, 2.24) is 9.80 Å². The van der Waals surface area contributed by atoms with Gasteiger partial charge >= 0.3 is 0 Å². The van der Waals surface area contributed by atoms with Gasteiger partial charge in [0.25, 0.3) is 5.91 Å². The number of furan rings is 1. The van der Waals surface area contributed by atoms with Crippen LogP contribution in [0.25, 0.3) is 0 Å². The molecule has 29 heavy (non-hydrogen) atoms. The Bertz CT molecular complexity index is 913. The highest BCUT2D eigenvalue weighted by Gasteiger charge is 2.18. The molecule has 4 nitrogen and oxygen atoms in total. The largest absolute Gasteiger partial charge is 0.455 e. The number of carbonyl (C=O) groups is 1. The van der Waals surface area contributed by atoms with Gasteiger partial charge in [0.1, 0.15) is 5.76 Å². The smallest absolute Gasteiger partial charge is 0.289 e. The van der Waals surface area contributed by atoms with Crippen LogP contribution in [0.4, 0.5) is 0 Å². The zero-order valence-electron chi connectivity index (χ0n) is 17.6. The SMILES string of the molecule is CCN(CC)C(=O)c1ccc(CN(Cc2ccccc2)Cc2ccccc2C)o1. The fourth-order valence-corrected chi connectivity index (χ4v) is 3.50. The molecule has 0 bridgehead atoms. The van der Waals surface area contributed by atoms with E-state index >= 15 is 0 Å². The lowest BCUT2D eigenvalue weighted by atomic mass is 10.1. The number of amides is 1. The highest BCUT2D eigenvalue weighted by molar-refractivity contribution is 5.91. The van der Waals surface area contributed by atoms with E-state index in [1.54, 1.807) is 11.0 Å². The van der Waals surface area contributed by atoms with Gasteiger partial charge in [-0.15, -0.1) is 0 Å². The molecule has 0 atom stereocenters. The lowest BCUT2D eigenvalue weighted by Gasteiger charge is -2.22. The van der Waals surface area contributed by atoms with Crippen molar-refractivity contribution >= 4 is 5.91 Å². The summed E-state index contributed by atoms with van der Waals surface area (Å²) < 4.78 is 5.93. The molecule has 0 radical (unpaired) electrons. The number of benzene rings is 2. The summed E-state index contributed by atoms with van der Waals surface area (Å²) in [6.45, 7) is 9.75. The summed E-state index contributed by atoms with van der Waals surface area (Å²) in [6.07, 6.45) is 0. The van der Waals surface area contributed by atoms with Gasteiger partial charge in [-0.1, -0.05) is 54.6 Å². The minimum absolute atomic E-state index is 0.0465. The van der Waals surface area contributed by atoms with Gasteiger partial charge < -0.3 is 9.32 Å². The van der Waals surface area contributed by atoms with Crippen LogP contribution < -0.4 is 0 Å². The van der Waals surface area contributed by atoms with Gasteiger partial charge in [0, 0.05) is 26.2 Å². The Morgan fingerprint density at radius 1 is 0.828 bits per heavy atom. The zero-order chi connectivity index (χ0) is 20.6. The number of carbonyl (C=O) groups excluding carboxylic acids is 1. The molecule has 0 aliphatic heterocycles. The second kappa shape index (κ2) is 10.1. The summed E-state index contributed by atoms with van der Waals surface area (Å²) >= 11 is 0. The van der Waals surface area contributed by atoms with E-state index in [2.05, 4.69) is 60.4 Å². The molecule has 2 aromatic carbocycles. The maximum absolute atomic E-state index is 12.6. The third-order valence-electron chi connectivity index (χ3n) is 5.21. The van der Waals surface area contributed by atoms with Gasteiger partial charge in [-0.25, -0.2) is 0 Å². The summed E-state index contributed by atoms with van der Waals surface area (Å²) in [5.74, 6) is 1.18. The Kier molecular flexibility index (Phi) is 7.25. The molecular weight excluding hydrogens is 360 g/mol. The molecule has 0 N–H and O–H groups in total. The van der Waals surface area contributed by atoms with Gasteiger partial charge in [0.05, 0.1) is 6.54 Å². The molecule has 0 aliphatic rings. The zero-order valence-corrected chi connectivity index (χ0v) is 17.6. The summed E-state index contributed by atoms with van der Waals surface area (Å²) in [5.41, 5.74) is 3.84. The van der Waals surface area contributed by atoms with E-state index in [1.807, 2.05) is 26.0 Å². The standard InChI is InChI=1S/C25H30N2O2/c1-4-27(5-2)25(28)24-16-15-23(29-24)19-26(17-21-12-7-6-8-13-21)18-22-14-10-9-11-20(22)3/h6-16H,4-5,17-19H2,1-3H3. The molecule has 152 valence electrons. The van der Waals surface area contributed by atoms with Crippen LogP contribution in [0.3, 0.4) is 0 Å². The van der Waals surface area contributed by atoms with E-state index in [9.17, 15) is 4.79 Å². The van der Waals surface area contributed by atoms with E-state index in [1.165, 1.54) is 16.7 Å². The maximum atomic E-state index is 12.6. The van der Waals surface area contributed by atoms with Crippen LogP contribution in [0.15, 0.2) is 71.1 Å². The number of hydrogen-bond acceptors (Lipinski definition) is 3. The van der Waals surface area contributed by atoms with Crippen molar-refractivity contribution < 1.29 is 9.21 Å². The molecule has 3 rings (SSSR count). The Hall–Kier alpha value is -2.85. The average molecular weight is 391 g/mol. The minimum Gasteiger partial charge on any atom is -0.455 e. The second-order valence-corrected chi connectivity index (χ2v) is 7.30. The summed E-state index contributed by atoms with van der Waals surface area (Å²) in [4.78, 5) is 16.7. The molecule has 4 heteroatoms. The van der Waals surface area contributed by atoms with Gasteiger partial charge in [-0.3, -0.25) is 9.69 Å². The van der Waals surface area contributed by atoms with Crippen LogP contribution in [-0.2, 0) is 19.6 Å². The first-order chi connectivity index (χ1) is 14.1.